The number of fused-ring (bicyclic) bond motifs is 1. The van der Waals surface area contributed by atoms with Crippen molar-refractivity contribution in [1.29, 1.82) is 0 Å². The molecule has 0 spiro atoms. The first-order chi connectivity index (χ1) is 10.8. The van der Waals surface area contributed by atoms with E-state index in [0.717, 1.165) is 0 Å². The summed E-state index contributed by atoms with van der Waals surface area (Å²) in [4.78, 5) is 18.2. The predicted octanol–water partition coefficient (Wildman–Crippen LogP) is -1.69. The summed E-state index contributed by atoms with van der Waals surface area (Å²) in [6.45, 7) is 1.40. The molecule has 23 heavy (non-hydrogen) atoms. The number of ether oxygens (including phenoxy) is 1. The van der Waals surface area contributed by atoms with Crippen LogP contribution < -0.4 is 11.3 Å². The van der Waals surface area contributed by atoms with Crippen molar-refractivity contribution >= 4 is 17.0 Å². The van der Waals surface area contributed by atoms with E-state index < -0.39 is 35.7 Å². The molecule has 0 bridgehead atoms. The molecule has 0 saturated carbocycles. The van der Waals surface area contributed by atoms with Crippen LogP contribution in [0, 0.1) is 12.3 Å². The number of H-pyrrole nitrogens is 1. The number of aromatic nitrogens is 3. The summed E-state index contributed by atoms with van der Waals surface area (Å²) in [5.41, 5.74) is 3.12. The zero-order valence-corrected chi connectivity index (χ0v) is 12.2. The molecule has 1 saturated heterocycles. The highest BCUT2D eigenvalue weighted by molar-refractivity contribution is 5.76. The van der Waals surface area contributed by atoms with E-state index in [1.807, 2.05) is 0 Å². The number of nitrogens with two attached hydrogens (primary N) is 1. The molecule has 1 aliphatic rings. The molecule has 2 aromatic heterocycles. The number of anilines is 1. The van der Waals surface area contributed by atoms with Gasteiger partial charge in [-0.25, -0.2) is 0 Å². The number of rotatable bonds is 2. The van der Waals surface area contributed by atoms with Crippen LogP contribution >= 0.6 is 0 Å². The molecule has 0 aromatic carbocycles. The SMILES string of the molecule is C#CC1(O)[C@@H](O)[C@@H]([C@@H](C)O)O[C@H]1n1ccc2c(=O)[nH]c(N)nc21. The molecule has 1 unspecified atom stereocenters. The Kier molecular flexibility index (Phi) is 3.42. The molecule has 122 valence electrons. The summed E-state index contributed by atoms with van der Waals surface area (Å²) in [6.07, 6.45) is 1.88. The van der Waals surface area contributed by atoms with Crippen LogP contribution in [0.2, 0.25) is 0 Å². The number of aliphatic hydroxyl groups excluding tert-OH is 2. The quantitative estimate of drug-likeness (QED) is 0.415. The first-order valence-electron chi connectivity index (χ1n) is 6.87. The molecule has 1 aliphatic heterocycles. The lowest BCUT2D eigenvalue weighted by Gasteiger charge is -2.26. The minimum Gasteiger partial charge on any atom is -0.391 e. The second-order valence-corrected chi connectivity index (χ2v) is 5.52. The fourth-order valence-corrected chi connectivity index (χ4v) is 2.78. The smallest absolute Gasteiger partial charge is 0.261 e. The molecule has 0 radical (unpaired) electrons. The first-order valence-corrected chi connectivity index (χ1v) is 6.87. The molecular formula is C14H16N4O5. The lowest BCUT2D eigenvalue weighted by atomic mass is 9.93. The molecule has 2 aromatic rings. The van der Waals surface area contributed by atoms with Crippen LogP contribution in [0.25, 0.3) is 11.0 Å². The van der Waals surface area contributed by atoms with Gasteiger partial charge in [0.05, 0.1) is 11.5 Å². The van der Waals surface area contributed by atoms with Gasteiger partial charge in [0, 0.05) is 6.20 Å². The Hall–Kier alpha value is -2.38. The topological polar surface area (TPSA) is 147 Å². The van der Waals surface area contributed by atoms with Crippen molar-refractivity contribution in [2.45, 2.75) is 37.1 Å². The van der Waals surface area contributed by atoms with Crippen molar-refractivity contribution in [2.24, 2.45) is 0 Å². The average molecular weight is 320 g/mol. The minimum atomic E-state index is -2.10. The first kappa shape index (κ1) is 15.5. The molecular weight excluding hydrogens is 304 g/mol. The number of terminal acetylenes is 1. The van der Waals surface area contributed by atoms with Gasteiger partial charge in [0.1, 0.15) is 12.2 Å². The largest absolute Gasteiger partial charge is 0.391 e. The fourth-order valence-electron chi connectivity index (χ4n) is 2.78. The van der Waals surface area contributed by atoms with Crippen molar-refractivity contribution in [3.63, 3.8) is 0 Å². The highest BCUT2D eigenvalue weighted by Crippen LogP contribution is 2.40. The van der Waals surface area contributed by atoms with E-state index in [-0.39, 0.29) is 17.0 Å². The van der Waals surface area contributed by atoms with E-state index in [2.05, 4.69) is 15.9 Å². The van der Waals surface area contributed by atoms with E-state index in [0.29, 0.717) is 0 Å². The molecule has 9 nitrogen and oxygen atoms in total. The van der Waals surface area contributed by atoms with Gasteiger partial charge >= 0.3 is 0 Å². The maximum Gasteiger partial charge on any atom is 0.261 e. The van der Waals surface area contributed by atoms with Gasteiger partial charge in [0.15, 0.2) is 17.5 Å². The van der Waals surface area contributed by atoms with E-state index in [9.17, 15) is 20.1 Å². The summed E-state index contributed by atoms with van der Waals surface area (Å²) in [6, 6.07) is 1.46. The van der Waals surface area contributed by atoms with Crippen LogP contribution in [-0.2, 0) is 4.74 Å². The van der Waals surface area contributed by atoms with E-state index in [1.54, 1.807) is 0 Å². The van der Waals surface area contributed by atoms with Crippen LogP contribution in [0.3, 0.4) is 0 Å². The van der Waals surface area contributed by atoms with Crippen molar-refractivity contribution in [3.8, 4) is 12.3 Å². The summed E-state index contributed by atoms with van der Waals surface area (Å²) in [5.74, 6) is 2.00. The van der Waals surface area contributed by atoms with Gasteiger partial charge in [-0.3, -0.25) is 9.78 Å². The van der Waals surface area contributed by atoms with Gasteiger partial charge in [0.25, 0.3) is 5.56 Å². The second kappa shape index (κ2) is 5.07. The van der Waals surface area contributed by atoms with Crippen LogP contribution in [0.5, 0.6) is 0 Å². The zero-order valence-electron chi connectivity index (χ0n) is 12.2. The molecule has 3 heterocycles. The van der Waals surface area contributed by atoms with Crippen LogP contribution in [0.1, 0.15) is 13.2 Å². The lowest BCUT2D eigenvalue weighted by Crippen LogP contribution is -2.47. The third-order valence-corrected chi connectivity index (χ3v) is 3.98. The van der Waals surface area contributed by atoms with E-state index in [1.165, 1.54) is 23.8 Å². The van der Waals surface area contributed by atoms with Crippen LogP contribution in [0.15, 0.2) is 17.1 Å². The van der Waals surface area contributed by atoms with Crippen molar-refractivity contribution in [3.05, 3.63) is 22.6 Å². The highest BCUT2D eigenvalue weighted by Gasteiger charge is 2.57. The summed E-state index contributed by atoms with van der Waals surface area (Å²) in [5, 5.41) is 30.8. The molecule has 0 amide bonds. The fraction of sp³-hybridized carbons (Fsp3) is 0.429. The van der Waals surface area contributed by atoms with Crippen LogP contribution in [-0.4, -0.2) is 53.8 Å². The normalized spacial score (nSPS) is 32.0. The Morgan fingerprint density at radius 1 is 1.65 bits per heavy atom. The summed E-state index contributed by atoms with van der Waals surface area (Å²) >= 11 is 0. The van der Waals surface area contributed by atoms with Gasteiger partial charge in [-0.2, -0.15) is 4.98 Å². The average Bonchev–Trinajstić information content (AvgIpc) is 3.00. The number of aliphatic hydroxyl groups is 3. The number of hydrogen-bond donors (Lipinski definition) is 5. The van der Waals surface area contributed by atoms with Gasteiger partial charge in [-0.1, -0.05) is 5.92 Å². The van der Waals surface area contributed by atoms with Crippen molar-refractivity contribution < 1.29 is 20.1 Å². The molecule has 5 atom stereocenters. The molecule has 9 heteroatoms. The predicted molar refractivity (Wildman–Crippen MR) is 80.1 cm³/mol. The van der Waals surface area contributed by atoms with Crippen molar-refractivity contribution in [1.82, 2.24) is 14.5 Å². The minimum absolute atomic E-state index is 0.114. The molecule has 0 aliphatic carbocycles. The van der Waals surface area contributed by atoms with Crippen LogP contribution in [0.4, 0.5) is 5.95 Å². The van der Waals surface area contributed by atoms with E-state index >= 15 is 0 Å². The zero-order chi connectivity index (χ0) is 16.9. The Labute approximate surface area is 130 Å². The third kappa shape index (κ3) is 2.12. The molecule has 6 N–H and O–H groups in total. The maximum absolute atomic E-state index is 11.9. The Morgan fingerprint density at radius 3 is 2.96 bits per heavy atom. The van der Waals surface area contributed by atoms with Gasteiger partial charge < -0.3 is 30.4 Å². The standard InChI is InChI=1S/C14H16N4O5/c1-3-14(22)9(20)8(6(2)19)23-12(14)18-5-4-7-10(18)16-13(15)17-11(7)21/h1,4-6,8-9,12,19-20,22H,2H3,(H3,15,16,17,21)/t6-,8-,9+,12-,14?/m1/s1. The van der Waals surface area contributed by atoms with Gasteiger partial charge in [-0.05, 0) is 13.0 Å². The lowest BCUT2D eigenvalue weighted by molar-refractivity contribution is -0.0844. The third-order valence-electron chi connectivity index (χ3n) is 3.98. The number of aromatic amines is 1. The Morgan fingerprint density at radius 2 is 2.35 bits per heavy atom. The second-order valence-electron chi connectivity index (χ2n) is 5.52. The van der Waals surface area contributed by atoms with Gasteiger partial charge in [-0.15, -0.1) is 6.42 Å². The Bertz CT molecular complexity index is 851. The molecule has 1 fully saturated rings. The monoisotopic (exact) mass is 320 g/mol. The summed E-state index contributed by atoms with van der Waals surface area (Å²) < 4.78 is 6.86. The Balaban J connectivity index is 2.18. The number of hydrogen-bond acceptors (Lipinski definition) is 7. The highest BCUT2D eigenvalue weighted by atomic mass is 16.6. The molecule has 3 rings (SSSR count). The number of nitrogen functional groups attached to an aromatic ring is 1. The van der Waals surface area contributed by atoms with Gasteiger partial charge in [0.2, 0.25) is 5.95 Å². The number of nitrogens with zero attached hydrogens (tertiary/aromatic N) is 2. The van der Waals surface area contributed by atoms with E-state index in [4.69, 9.17) is 16.9 Å². The summed E-state index contributed by atoms with van der Waals surface area (Å²) in [7, 11) is 0. The maximum atomic E-state index is 11.9. The van der Waals surface area contributed by atoms with Crippen molar-refractivity contribution in [2.75, 3.05) is 5.73 Å². The number of nitrogens with one attached hydrogen (secondary N) is 1.